The van der Waals surface area contributed by atoms with Gasteiger partial charge in [0.1, 0.15) is 11.4 Å². The second-order valence-electron chi connectivity index (χ2n) is 8.58. The van der Waals surface area contributed by atoms with E-state index in [1.807, 2.05) is 45.0 Å². The van der Waals surface area contributed by atoms with Crippen molar-refractivity contribution in [3.8, 4) is 5.75 Å². The van der Waals surface area contributed by atoms with E-state index in [0.29, 0.717) is 35.2 Å². The largest absolute Gasteiger partial charge is 0.492 e. The van der Waals surface area contributed by atoms with Crippen molar-refractivity contribution < 1.29 is 14.3 Å². The van der Waals surface area contributed by atoms with E-state index in [9.17, 15) is 9.59 Å². The Morgan fingerprint density at radius 1 is 1.06 bits per heavy atom. The van der Waals surface area contributed by atoms with E-state index in [2.05, 4.69) is 17.9 Å². The molecule has 1 saturated heterocycles. The molecule has 162 valence electrons. The number of carbonyl (C=O) groups excluding carboxylic acids is 2. The molecule has 1 atom stereocenters. The number of carbonyl (C=O) groups is 2. The highest BCUT2D eigenvalue weighted by atomic mass is 16.5. The van der Waals surface area contributed by atoms with Crippen LogP contribution in [0.3, 0.4) is 0 Å². The highest BCUT2D eigenvalue weighted by Gasteiger charge is 2.44. The van der Waals surface area contributed by atoms with E-state index in [1.54, 1.807) is 12.1 Å². The number of aryl methyl sites for hydroxylation is 2. The van der Waals surface area contributed by atoms with Crippen molar-refractivity contribution in [1.29, 1.82) is 0 Å². The minimum atomic E-state index is -0.280. The van der Waals surface area contributed by atoms with Gasteiger partial charge in [-0.2, -0.15) is 0 Å². The van der Waals surface area contributed by atoms with Crippen LogP contribution in [0.2, 0.25) is 0 Å². The molecule has 0 spiro atoms. The lowest BCUT2D eigenvalue weighted by atomic mass is 9.95. The molecule has 2 amide bonds. The lowest BCUT2D eigenvalue weighted by Gasteiger charge is -2.33. The van der Waals surface area contributed by atoms with Crippen molar-refractivity contribution in [2.45, 2.75) is 40.5 Å². The van der Waals surface area contributed by atoms with Crippen LogP contribution in [0.4, 0.5) is 5.69 Å². The molecule has 0 aromatic heterocycles. The molecule has 0 bridgehead atoms. The molecule has 4 rings (SSSR count). The lowest BCUT2D eigenvalue weighted by Crippen LogP contribution is -2.39. The average molecular weight is 419 g/mol. The Balaban J connectivity index is 1.87. The van der Waals surface area contributed by atoms with E-state index >= 15 is 0 Å². The fraction of sp³-hybridized carbons (Fsp3) is 0.385. The Bertz CT molecular complexity index is 1060. The summed E-state index contributed by atoms with van der Waals surface area (Å²) in [4.78, 5) is 31.0. The van der Waals surface area contributed by atoms with E-state index in [4.69, 9.17) is 4.74 Å². The van der Waals surface area contributed by atoms with E-state index in [-0.39, 0.29) is 11.8 Å². The third-order valence-corrected chi connectivity index (χ3v) is 6.09. The van der Waals surface area contributed by atoms with Gasteiger partial charge in [-0.1, -0.05) is 42.8 Å². The summed E-state index contributed by atoms with van der Waals surface area (Å²) in [6, 6.07) is 13.3. The Morgan fingerprint density at radius 2 is 1.84 bits per heavy atom. The summed E-state index contributed by atoms with van der Waals surface area (Å²) in [5.74, 6) is 0.479. The van der Waals surface area contributed by atoms with Crippen molar-refractivity contribution in [1.82, 2.24) is 4.90 Å². The molecular weight excluding hydrogens is 388 g/mol. The molecular formula is C26H30N2O3. The van der Waals surface area contributed by atoms with Crippen LogP contribution in [0.5, 0.6) is 5.75 Å². The van der Waals surface area contributed by atoms with Gasteiger partial charge in [-0.25, -0.2) is 4.90 Å². The predicted molar refractivity (Wildman–Crippen MR) is 123 cm³/mol. The number of likely N-dealkylation sites (tertiary alicyclic amines) is 1. The third-order valence-electron chi connectivity index (χ3n) is 6.09. The number of ether oxygens (including phenoxy) is 1. The fourth-order valence-corrected chi connectivity index (χ4v) is 4.68. The number of hydrogen-bond acceptors (Lipinski definition) is 4. The van der Waals surface area contributed by atoms with Gasteiger partial charge in [-0.05, 0) is 62.8 Å². The summed E-state index contributed by atoms with van der Waals surface area (Å²) < 4.78 is 5.75. The van der Waals surface area contributed by atoms with Crippen molar-refractivity contribution in [3.05, 3.63) is 64.9 Å². The molecule has 2 aliphatic rings. The van der Waals surface area contributed by atoms with Gasteiger partial charge >= 0.3 is 0 Å². The normalized spacial score (nSPS) is 19.4. The summed E-state index contributed by atoms with van der Waals surface area (Å²) in [5, 5.41) is 0. The zero-order valence-electron chi connectivity index (χ0n) is 18.8. The fourth-order valence-electron chi connectivity index (χ4n) is 4.68. The minimum absolute atomic E-state index is 0.263. The Labute approximate surface area is 184 Å². The van der Waals surface area contributed by atoms with Gasteiger partial charge in [0.05, 0.1) is 17.9 Å². The number of piperidine rings is 1. The van der Waals surface area contributed by atoms with E-state index in [0.717, 1.165) is 42.6 Å². The van der Waals surface area contributed by atoms with Gasteiger partial charge in [0.15, 0.2) is 0 Å². The maximum atomic E-state index is 13.8. The van der Waals surface area contributed by atoms with Crippen LogP contribution in [0.15, 0.2) is 48.2 Å². The molecule has 0 aliphatic carbocycles. The van der Waals surface area contributed by atoms with Gasteiger partial charge in [-0.15, -0.1) is 0 Å². The van der Waals surface area contributed by atoms with Crippen LogP contribution < -0.4 is 9.64 Å². The van der Waals surface area contributed by atoms with Crippen LogP contribution in [0, 0.1) is 19.8 Å². The summed E-state index contributed by atoms with van der Waals surface area (Å²) in [5.41, 5.74) is 4.48. The molecule has 0 N–H and O–H groups in total. The smallest absolute Gasteiger partial charge is 0.282 e. The van der Waals surface area contributed by atoms with Gasteiger partial charge in [-0.3, -0.25) is 9.59 Å². The van der Waals surface area contributed by atoms with Gasteiger partial charge in [0, 0.05) is 13.1 Å². The highest BCUT2D eigenvalue weighted by Crippen LogP contribution is 2.40. The zero-order chi connectivity index (χ0) is 22.1. The Morgan fingerprint density at radius 3 is 2.55 bits per heavy atom. The zero-order valence-corrected chi connectivity index (χ0v) is 18.8. The van der Waals surface area contributed by atoms with Crippen molar-refractivity contribution in [3.63, 3.8) is 0 Å². The lowest BCUT2D eigenvalue weighted by molar-refractivity contribution is -0.120. The number of benzene rings is 2. The first-order chi connectivity index (χ1) is 14.9. The van der Waals surface area contributed by atoms with Gasteiger partial charge in [0.25, 0.3) is 11.8 Å². The molecule has 0 radical (unpaired) electrons. The van der Waals surface area contributed by atoms with E-state index in [1.165, 1.54) is 4.90 Å². The standard InChI is InChI=1S/C26H30N2O3/c1-5-31-22-11-7-6-10-21(22)28-25(29)23(20-13-12-17(2)15-19(20)4)24(26(28)30)27-14-8-9-18(3)16-27/h6-7,10-13,15,18H,5,8-9,14,16H2,1-4H3. The average Bonchev–Trinajstić information content (AvgIpc) is 2.99. The molecule has 2 heterocycles. The SMILES string of the molecule is CCOc1ccccc1N1C(=O)C(c2ccc(C)cc2C)=C(N2CCCC(C)C2)C1=O. The maximum absolute atomic E-state index is 13.8. The Kier molecular flexibility index (Phi) is 5.86. The summed E-state index contributed by atoms with van der Waals surface area (Å²) >= 11 is 0. The van der Waals surface area contributed by atoms with Crippen LogP contribution in [0.1, 0.15) is 43.4 Å². The van der Waals surface area contributed by atoms with Gasteiger partial charge in [0.2, 0.25) is 0 Å². The number of anilines is 1. The van der Waals surface area contributed by atoms with Crippen LogP contribution in [-0.4, -0.2) is 36.4 Å². The monoisotopic (exact) mass is 418 g/mol. The predicted octanol–water partition coefficient (Wildman–Crippen LogP) is 4.72. The third kappa shape index (κ3) is 3.85. The van der Waals surface area contributed by atoms with E-state index < -0.39 is 0 Å². The van der Waals surface area contributed by atoms with Crippen molar-refractivity contribution in [2.24, 2.45) is 5.92 Å². The second-order valence-corrected chi connectivity index (χ2v) is 8.58. The van der Waals surface area contributed by atoms with Crippen LogP contribution >= 0.6 is 0 Å². The maximum Gasteiger partial charge on any atom is 0.282 e. The summed E-state index contributed by atoms with van der Waals surface area (Å²) in [7, 11) is 0. The van der Waals surface area contributed by atoms with Gasteiger partial charge < -0.3 is 9.64 Å². The first-order valence-corrected chi connectivity index (χ1v) is 11.1. The molecule has 2 aromatic rings. The molecule has 5 heteroatoms. The molecule has 31 heavy (non-hydrogen) atoms. The van der Waals surface area contributed by atoms with Crippen LogP contribution in [0.25, 0.3) is 5.57 Å². The highest BCUT2D eigenvalue weighted by molar-refractivity contribution is 6.45. The first-order valence-electron chi connectivity index (χ1n) is 11.1. The summed E-state index contributed by atoms with van der Waals surface area (Å²) in [6.45, 7) is 10.2. The Hall–Kier alpha value is -3.08. The number of amides is 2. The molecule has 1 fully saturated rings. The number of nitrogens with zero attached hydrogens (tertiary/aromatic N) is 2. The van der Waals surface area contributed by atoms with Crippen molar-refractivity contribution in [2.75, 3.05) is 24.6 Å². The molecule has 1 unspecified atom stereocenters. The number of rotatable bonds is 5. The van der Waals surface area contributed by atoms with Crippen molar-refractivity contribution >= 4 is 23.1 Å². The molecule has 0 saturated carbocycles. The number of hydrogen-bond donors (Lipinski definition) is 0. The van der Waals surface area contributed by atoms with Crippen LogP contribution in [-0.2, 0) is 9.59 Å². The number of imide groups is 1. The molecule has 2 aliphatic heterocycles. The quantitative estimate of drug-likeness (QED) is 0.660. The molecule has 5 nitrogen and oxygen atoms in total. The summed E-state index contributed by atoms with van der Waals surface area (Å²) in [6.07, 6.45) is 2.16. The molecule has 2 aromatic carbocycles. The number of para-hydroxylation sites is 2. The topological polar surface area (TPSA) is 49.9 Å². The first kappa shape index (κ1) is 21.2. The second kappa shape index (κ2) is 8.58. The minimum Gasteiger partial charge on any atom is -0.492 e.